The van der Waals surface area contributed by atoms with Crippen LogP contribution < -0.4 is 5.32 Å². The standard InChI is InChI=1S/C21H22FN5O2/c22-17-3-1-2-15(10-17)11-19(28)25-12-14-4-6-16(7-5-14)20-26-27-21(29-20)18-13-23-8-9-24-18/h1-3,8-10,13-14,16H,4-7,11-12H2,(H,25,28). The fourth-order valence-electron chi connectivity index (χ4n) is 3.68. The van der Waals surface area contributed by atoms with E-state index in [0.29, 0.717) is 35.5 Å². The summed E-state index contributed by atoms with van der Waals surface area (Å²) in [6, 6.07) is 6.14. The number of amides is 1. The molecule has 1 N–H and O–H groups in total. The van der Waals surface area contributed by atoms with Crippen LogP contribution in [0, 0.1) is 11.7 Å². The number of rotatable bonds is 6. The minimum atomic E-state index is -0.322. The van der Waals surface area contributed by atoms with Crippen LogP contribution in [0.25, 0.3) is 11.6 Å². The summed E-state index contributed by atoms with van der Waals surface area (Å²) in [5.74, 6) is 1.27. The molecule has 0 atom stereocenters. The van der Waals surface area contributed by atoms with E-state index in [1.54, 1.807) is 30.7 Å². The topological polar surface area (TPSA) is 93.8 Å². The minimum absolute atomic E-state index is 0.0803. The molecule has 3 aromatic rings. The molecule has 0 aliphatic heterocycles. The summed E-state index contributed by atoms with van der Waals surface area (Å²) in [7, 11) is 0. The lowest BCUT2D eigenvalue weighted by atomic mass is 9.82. The van der Waals surface area contributed by atoms with Gasteiger partial charge >= 0.3 is 0 Å². The largest absolute Gasteiger partial charge is 0.419 e. The number of carbonyl (C=O) groups is 1. The van der Waals surface area contributed by atoms with Gasteiger partial charge in [0.15, 0.2) is 0 Å². The third-order valence-corrected chi connectivity index (χ3v) is 5.26. The maximum Gasteiger partial charge on any atom is 0.267 e. The van der Waals surface area contributed by atoms with E-state index in [1.165, 1.54) is 12.1 Å². The van der Waals surface area contributed by atoms with Gasteiger partial charge in [-0.05, 0) is 49.3 Å². The Kier molecular flexibility index (Phi) is 5.88. The fraction of sp³-hybridized carbons (Fsp3) is 0.381. The normalized spacial score (nSPS) is 19.1. The van der Waals surface area contributed by atoms with E-state index in [0.717, 1.165) is 25.7 Å². The third-order valence-electron chi connectivity index (χ3n) is 5.26. The van der Waals surface area contributed by atoms with E-state index >= 15 is 0 Å². The highest BCUT2D eigenvalue weighted by Gasteiger charge is 2.27. The molecule has 2 heterocycles. The highest BCUT2D eigenvalue weighted by molar-refractivity contribution is 5.78. The number of nitrogens with one attached hydrogen (secondary N) is 1. The number of aromatic nitrogens is 4. The van der Waals surface area contributed by atoms with Gasteiger partial charge in [0.1, 0.15) is 11.5 Å². The number of hydrogen-bond acceptors (Lipinski definition) is 6. The molecule has 4 rings (SSSR count). The van der Waals surface area contributed by atoms with Crippen LogP contribution >= 0.6 is 0 Å². The minimum Gasteiger partial charge on any atom is -0.419 e. The summed E-state index contributed by atoms with van der Waals surface area (Å²) in [6.07, 6.45) is 8.81. The first-order valence-corrected chi connectivity index (χ1v) is 9.78. The Hall–Kier alpha value is -3.16. The SMILES string of the molecule is O=C(Cc1cccc(F)c1)NCC1CCC(c2nnc(-c3cnccn3)o2)CC1. The molecule has 1 aromatic carbocycles. The highest BCUT2D eigenvalue weighted by atomic mass is 19.1. The molecule has 29 heavy (non-hydrogen) atoms. The first kappa shape index (κ1) is 19.2. The summed E-state index contributed by atoms with van der Waals surface area (Å²) in [5, 5.41) is 11.2. The summed E-state index contributed by atoms with van der Waals surface area (Å²) in [4.78, 5) is 20.3. The van der Waals surface area contributed by atoms with E-state index in [-0.39, 0.29) is 24.1 Å². The average Bonchev–Trinajstić information content (AvgIpc) is 3.24. The van der Waals surface area contributed by atoms with Crippen molar-refractivity contribution in [1.82, 2.24) is 25.5 Å². The lowest BCUT2D eigenvalue weighted by Crippen LogP contribution is -2.32. The Bertz CT molecular complexity index is 954. The van der Waals surface area contributed by atoms with E-state index in [2.05, 4.69) is 25.5 Å². The van der Waals surface area contributed by atoms with Gasteiger partial charge in [-0.15, -0.1) is 10.2 Å². The second-order valence-corrected chi connectivity index (χ2v) is 7.36. The zero-order chi connectivity index (χ0) is 20.1. The van der Waals surface area contributed by atoms with Gasteiger partial charge in [0.25, 0.3) is 5.89 Å². The Morgan fingerprint density at radius 3 is 2.79 bits per heavy atom. The molecule has 1 aliphatic rings. The van der Waals surface area contributed by atoms with Gasteiger partial charge in [-0.3, -0.25) is 9.78 Å². The van der Waals surface area contributed by atoms with Crippen molar-refractivity contribution in [1.29, 1.82) is 0 Å². The van der Waals surface area contributed by atoms with Crippen LogP contribution in [0.5, 0.6) is 0 Å². The van der Waals surface area contributed by atoms with Crippen LogP contribution in [0.2, 0.25) is 0 Å². The number of hydrogen-bond donors (Lipinski definition) is 1. The second-order valence-electron chi connectivity index (χ2n) is 7.36. The quantitative estimate of drug-likeness (QED) is 0.688. The van der Waals surface area contributed by atoms with Gasteiger partial charge in [-0.25, -0.2) is 9.37 Å². The lowest BCUT2D eigenvalue weighted by molar-refractivity contribution is -0.120. The summed E-state index contributed by atoms with van der Waals surface area (Å²) < 4.78 is 19.0. The Morgan fingerprint density at radius 1 is 1.17 bits per heavy atom. The average molecular weight is 395 g/mol. The molecule has 1 aliphatic carbocycles. The maximum absolute atomic E-state index is 13.2. The van der Waals surface area contributed by atoms with Crippen molar-refractivity contribution in [2.24, 2.45) is 5.92 Å². The van der Waals surface area contributed by atoms with Crippen molar-refractivity contribution in [3.63, 3.8) is 0 Å². The third kappa shape index (κ3) is 5.01. The van der Waals surface area contributed by atoms with Crippen molar-refractivity contribution in [3.8, 4) is 11.6 Å². The van der Waals surface area contributed by atoms with Crippen molar-refractivity contribution >= 4 is 5.91 Å². The molecule has 1 saturated carbocycles. The zero-order valence-electron chi connectivity index (χ0n) is 15.9. The van der Waals surface area contributed by atoms with Crippen LogP contribution in [0.3, 0.4) is 0 Å². The number of nitrogens with zero attached hydrogens (tertiary/aromatic N) is 4. The molecule has 150 valence electrons. The Labute approximate surface area is 167 Å². The van der Waals surface area contributed by atoms with Crippen LogP contribution in [0.1, 0.15) is 43.1 Å². The second kappa shape index (κ2) is 8.89. The van der Waals surface area contributed by atoms with Gasteiger partial charge in [-0.2, -0.15) is 0 Å². The molecule has 0 saturated heterocycles. The van der Waals surface area contributed by atoms with E-state index in [9.17, 15) is 9.18 Å². The molecular formula is C21H22FN5O2. The van der Waals surface area contributed by atoms with Gasteiger partial charge in [0, 0.05) is 24.9 Å². The molecule has 0 bridgehead atoms. The summed E-state index contributed by atoms with van der Waals surface area (Å²) >= 11 is 0. The number of benzene rings is 1. The Morgan fingerprint density at radius 2 is 2.03 bits per heavy atom. The van der Waals surface area contributed by atoms with Crippen LogP contribution in [0.4, 0.5) is 4.39 Å². The van der Waals surface area contributed by atoms with Gasteiger partial charge in [0.05, 0.1) is 12.6 Å². The van der Waals surface area contributed by atoms with Crippen LogP contribution in [0.15, 0.2) is 47.3 Å². The first-order chi connectivity index (χ1) is 14.2. The lowest BCUT2D eigenvalue weighted by Gasteiger charge is -2.26. The summed E-state index contributed by atoms with van der Waals surface area (Å²) in [6.45, 7) is 0.634. The molecule has 1 fully saturated rings. The van der Waals surface area contributed by atoms with Crippen LogP contribution in [-0.2, 0) is 11.2 Å². The van der Waals surface area contributed by atoms with Crippen molar-refractivity contribution < 1.29 is 13.6 Å². The molecule has 0 radical (unpaired) electrons. The molecular weight excluding hydrogens is 373 g/mol. The predicted molar refractivity (Wildman–Crippen MR) is 103 cm³/mol. The first-order valence-electron chi connectivity index (χ1n) is 9.78. The number of halogens is 1. The van der Waals surface area contributed by atoms with E-state index in [4.69, 9.17) is 4.42 Å². The van der Waals surface area contributed by atoms with Gasteiger partial charge in [0.2, 0.25) is 11.8 Å². The smallest absolute Gasteiger partial charge is 0.267 e. The molecule has 0 unspecified atom stereocenters. The van der Waals surface area contributed by atoms with Crippen molar-refractivity contribution in [2.45, 2.75) is 38.0 Å². The van der Waals surface area contributed by atoms with Crippen LogP contribution in [-0.4, -0.2) is 32.6 Å². The van der Waals surface area contributed by atoms with Crippen molar-refractivity contribution in [3.05, 3.63) is 60.1 Å². The zero-order valence-corrected chi connectivity index (χ0v) is 15.9. The summed E-state index contributed by atoms with van der Waals surface area (Å²) in [5.41, 5.74) is 1.25. The monoisotopic (exact) mass is 395 g/mol. The van der Waals surface area contributed by atoms with Gasteiger partial charge in [-0.1, -0.05) is 12.1 Å². The molecule has 8 heteroatoms. The number of carbonyl (C=O) groups excluding carboxylic acids is 1. The Balaban J connectivity index is 1.23. The molecule has 0 spiro atoms. The van der Waals surface area contributed by atoms with E-state index < -0.39 is 0 Å². The molecule has 1 amide bonds. The fourth-order valence-corrected chi connectivity index (χ4v) is 3.68. The molecule has 7 nitrogen and oxygen atoms in total. The highest BCUT2D eigenvalue weighted by Crippen LogP contribution is 2.35. The predicted octanol–water partition coefficient (Wildman–Crippen LogP) is 3.30. The van der Waals surface area contributed by atoms with Crippen molar-refractivity contribution in [2.75, 3.05) is 6.54 Å². The molecule has 2 aromatic heterocycles. The van der Waals surface area contributed by atoms with E-state index in [1.807, 2.05) is 0 Å². The maximum atomic E-state index is 13.2. The van der Waals surface area contributed by atoms with Gasteiger partial charge < -0.3 is 9.73 Å².